The molecule has 1 aliphatic heterocycles. The maximum Gasteiger partial charge on any atom is 0.410 e. The van der Waals surface area contributed by atoms with Crippen molar-refractivity contribution >= 4 is 27.8 Å². The zero-order valence-corrected chi connectivity index (χ0v) is 13.8. The fourth-order valence-electron chi connectivity index (χ4n) is 2.23. The van der Waals surface area contributed by atoms with Crippen LogP contribution >= 0.6 is 15.9 Å². The molecule has 0 saturated carbocycles. The van der Waals surface area contributed by atoms with Crippen molar-refractivity contribution in [1.82, 2.24) is 14.7 Å². The minimum Gasteiger partial charge on any atom is -0.444 e. The number of anilines is 1. The largest absolute Gasteiger partial charge is 0.444 e. The van der Waals surface area contributed by atoms with Gasteiger partial charge in [-0.05, 0) is 43.1 Å². The van der Waals surface area contributed by atoms with Crippen LogP contribution in [-0.2, 0) is 4.74 Å². The molecule has 2 rings (SSSR count). The molecule has 7 nitrogen and oxygen atoms in total. The lowest BCUT2D eigenvalue weighted by Crippen LogP contribution is -2.35. The molecule has 1 fully saturated rings. The molecule has 1 aromatic heterocycles. The van der Waals surface area contributed by atoms with E-state index in [1.165, 1.54) is 0 Å². The first-order chi connectivity index (χ1) is 9.73. The molecule has 1 aliphatic rings. The van der Waals surface area contributed by atoms with Crippen molar-refractivity contribution in [3.8, 4) is 6.07 Å². The fourth-order valence-corrected chi connectivity index (χ4v) is 2.70. The number of carbonyl (C=O) groups excluding carboxylic acids is 1. The third-order valence-corrected chi connectivity index (χ3v) is 3.73. The molecule has 1 unspecified atom stereocenters. The van der Waals surface area contributed by atoms with Crippen LogP contribution in [-0.4, -0.2) is 39.5 Å². The summed E-state index contributed by atoms with van der Waals surface area (Å²) >= 11 is 3.22. The van der Waals surface area contributed by atoms with Crippen molar-refractivity contribution in [2.45, 2.75) is 38.8 Å². The molecule has 0 aromatic carbocycles. The number of nitriles is 1. The highest BCUT2D eigenvalue weighted by atomic mass is 79.9. The highest BCUT2D eigenvalue weighted by Crippen LogP contribution is 2.29. The van der Waals surface area contributed by atoms with Crippen molar-refractivity contribution in [3.63, 3.8) is 0 Å². The van der Waals surface area contributed by atoms with Crippen LogP contribution < -0.4 is 5.73 Å². The summed E-state index contributed by atoms with van der Waals surface area (Å²) in [5.74, 6) is 0.320. The minimum atomic E-state index is -0.517. The Morgan fingerprint density at radius 3 is 2.76 bits per heavy atom. The Morgan fingerprint density at radius 2 is 2.24 bits per heavy atom. The molecule has 1 aromatic rings. The van der Waals surface area contributed by atoms with Crippen LogP contribution in [0.5, 0.6) is 0 Å². The second kappa shape index (κ2) is 5.56. The second-order valence-electron chi connectivity index (χ2n) is 5.98. The van der Waals surface area contributed by atoms with E-state index in [0.29, 0.717) is 29.1 Å². The van der Waals surface area contributed by atoms with Crippen molar-refractivity contribution in [2.24, 2.45) is 0 Å². The van der Waals surface area contributed by atoms with Crippen LogP contribution in [0.15, 0.2) is 4.60 Å². The summed E-state index contributed by atoms with van der Waals surface area (Å²) in [6, 6.07) is 1.97. The monoisotopic (exact) mass is 355 g/mol. The number of amides is 1. The van der Waals surface area contributed by atoms with Gasteiger partial charge in [-0.2, -0.15) is 10.4 Å². The van der Waals surface area contributed by atoms with Crippen LogP contribution in [0.2, 0.25) is 0 Å². The smallest absolute Gasteiger partial charge is 0.410 e. The van der Waals surface area contributed by atoms with Gasteiger partial charge in [-0.3, -0.25) is 0 Å². The number of nitrogens with two attached hydrogens (primary N) is 1. The number of rotatable bonds is 1. The number of hydrogen-bond acceptors (Lipinski definition) is 5. The van der Waals surface area contributed by atoms with Crippen LogP contribution in [0.4, 0.5) is 10.6 Å². The van der Waals surface area contributed by atoms with Gasteiger partial charge in [0.15, 0.2) is 0 Å². The van der Waals surface area contributed by atoms with Gasteiger partial charge in [-0.1, -0.05) is 0 Å². The first kappa shape index (κ1) is 15.6. The van der Waals surface area contributed by atoms with Gasteiger partial charge in [0.1, 0.15) is 27.7 Å². The lowest BCUT2D eigenvalue weighted by Gasteiger charge is -2.24. The second-order valence-corrected chi connectivity index (χ2v) is 6.73. The van der Waals surface area contributed by atoms with Crippen LogP contribution in [0.1, 0.15) is 38.8 Å². The Kier molecular flexibility index (Phi) is 4.14. The Labute approximate surface area is 131 Å². The number of ether oxygens (including phenoxy) is 1. The van der Waals surface area contributed by atoms with Gasteiger partial charge in [0, 0.05) is 13.1 Å². The molecule has 0 spiro atoms. The number of nitrogens with zero attached hydrogens (tertiary/aromatic N) is 4. The van der Waals surface area contributed by atoms with Crippen LogP contribution in [0.25, 0.3) is 0 Å². The molecule has 8 heteroatoms. The van der Waals surface area contributed by atoms with E-state index in [2.05, 4.69) is 21.0 Å². The lowest BCUT2D eigenvalue weighted by molar-refractivity contribution is 0.0288. The summed E-state index contributed by atoms with van der Waals surface area (Å²) in [7, 11) is 0. The Hall–Kier alpha value is -1.75. The summed E-state index contributed by atoms with van der Waals surface area (Å²) in [4.78, 5) is 13.7. The topological polar surface area (TPSA) is 97.2 Å². The molecule has 2 N–H and O–H groups in total. The van der Waals surface area contributed by atoms with Gasteiger partial charge in [0.25, 0.3) is 0 Å². The standard InChI is InChI=1S/C13H18BrN5O2/c1-13(2,3)21-12(20)18-5-4-8(7-18)19-11(16)9(6-15)10(14)17-19/h8H,4-5,7,16H2,1-3H3. The molecule has 2 heterocycles. The first-order valence-electron chi connectivity index (χ1n) is 6.64. The Morgan fingerprint density at radius 1 is 1.57 bits per heavy atom. The van der Waals surface area contributed by atoms with Crippen LogP contribution in [0.3, 0.4) is 0 Å². The average molecular weight is 356 g/mol. The van der Waals surface area contributed by atoms with E-state index in [-0.39, 0.29) is 12.1 Å². The number of likely N-dealkylation sites (tertiary alicyclic amines) is 1. The van der Waals surface area contributed by atoms with E-state index < -0.39 is 5.60 Å². The van der Waals surface area contributed by atoms with Gasteiger partial charge in [0.05, 0.1) is 6.04 Å². The van der Waals surface area contributed by atoms with E-state index in [0.717, 1.165) is 6.42 Å². The van der Waals surface area contributed by atoms with E-state index in [1.54, 1.807) is 9.58 Å². The molecule has 21 heavy (non-hydrogen) atoms. The van der Waals surface area contributed by atoms with Crippen LogP contribution in [0, 0.1) is 11.3 Å². The number of hydrogen-bond donors (Lipinski definition) is 1. The summed E-state index contributed by atoms with van der Waals surface area (Å²) < 4.78 is 7.38. The molecule has 1 saturated heterocycles. The van der Waals surface area contributed by atoms with Gasteiger partial charge >= 0.3 is 6.09 Å². The lowest BCUT2D eigenvalue weighted by atomic mass is 10.2. The van der Waals surface area contributed by atoms with Gasteiger partial charge in [0.2, 0.25) is 0 Å². The SMILES string of the molecule is CC(C)(C)OC(=O)N1CCC(n2nc(Br)c(C#N)c2N)C1. The minimum absolute atomic E-state index is 0.0454. The van der Waals surface area contributed by atoms with Gasteiger partial charge < -0.3 is 15.4 Å². The highest BCUT2D eigenvalue weighted by Gasteiger charge is 2.32. The predicted molar refractivity (Wildman–Crippen MR) is 80.5 cm³/mol. The van der Waals surface area contributed by atoms with E-state index in [9.17, 15) is 4.79 Å². The van der Waals surface area contributed by atoms with E-state index >= 15 is 0 Å². The summed E-state index contributed by atoms with van der Waals surface area (Å²) in [6.07, 6.45) is 0.387. The van der Waals surface area contributed by atoms with Crippen molar-refractivity contribution in [1.29, 1.82) is 5.26 Å². The molecule has 1 atom stereocenters. The molecule has 0 aliphatic carbocycles. The van der Waals surface area contributed by atoms with Gasteiger partial charge in [-0.25, -0.2) is 9.48 Å². The molecular formula is C13H18BrN5O2. The fraction of sp³-hybridized carbons (Fsp3) is 0.615. The number of aromatic nitrogens is 2. The van der Waals surface area contributed by atoms with Crippen molar-refractivity contribution in [3.05, 3.63) is 10.2 Å². The summed E-state index contributed by atoms with van der Waals surface area (Å²) in [5, 5.41) is 13.3. The summed E-state index contributed by atoms with van der Waals surface area (Å²) in [6.45, 7) is 6.55. The summed E-state index contributed by atoms with van der Waals surface area (Å²) in [5.41, 5.74) is 5.74. The van der Waals surface area contributed by atoms with Gasteiger partial charge in [-0.15, -0.1) is 0 Å². The van der Waals surface area contributed by atoms with E-state index in [4.69, 9.17) is 15.7 Å². The number of nitrogen functional groups attached to an aromatic ring is 1. The van der Waals surface area contributed by atoms with Crippen molar-refractivity contribution < 1.29 is 9.53 Å². The number of halogens is 1. The van der Waals surface area contributed by atoms with E-state index in [1.807, 2.05) is 26.8 Å². The third kappa shape index (κ3) is 3.29. The quantitative estimate of drug-likeness (QED) is 0.833. The highest BCUT2D eigenvalue weighted by molar-refractivity contribution is 9.10. The van der Waals surface area contributed by atoms with Crippen molar-refractivity contribution in [2.75, 3.05) is 18.8 Å². The zero-order valence-electron chi connectivity index (χ0n) is 12.3. The Balaban J connectivity index is 2.10. The normalized spacial score (nSPS) is 18.6. The number of carbonyl (C=O) groups is 1. The maximum absolute atomic E-state index is 12.0. The molecule has 0 radical (unpaired) electrons. The average Bonchev–Trinajstić information content (AvgIpc) is 2.92. The molecule has 114 valence electrons. The maximum atomic E-state index is 12.0. The molecule has 0 bridgehead atoms. The zero-order chi connectivity index (χ0) is 15.8. The molecular weight excluding hydrogens is 338 g/mol. The molecule has 1 amide bonds. The first-order valence-corrected chi connectivity index (χ1v) is 7.43. The third-order valence-electron chi connectivity index (χ3n) is 3.18. The Bertz CT molecular complexity index is 599. The predicted octanol–water partition coefficient (Wildman–Crippen LogP) is 2.28.